The van der Waals surface area contributed by atoms with Crippen LogP contribution in [-0.2, 0) is 0 Å². The average Bonchev–Trinajstić information content (AvgIpc) is 2.36. The first-order valence-electron chi connectivity index (χ1n) is 3.91. The molecule has 0 aromatic carbocycles. The molecule has 2 N–H and O–H groups in total. The highest BCUT2D eigenvalue weighted by Gasteiger charge is 2.62. The molecule has 0 saturated heterocycles. The Morgan fingerprint density at radius 3 is 2.50 bits per heavy atom. The fourth-order valence-corrected chi connectivity index (χ4v) is 2.55. The lowest BCUT2D eigenvalue weighted by Gasteiger charge is -2.19. The SMILES string of the molecule is C[C@@]1(O)C[C@@H]2CC2(CO)C1. The van der Waals surface area contributed by atoms with Gasteiger partial charge < -0.3 is 10.2 Å². The summed E-state index contributed by atoms with van der Waals surface area (Å²) >= 11 is 0. The molecule has 58 valence electrons. The molecule has 2 heteroatoms. The maximum Gasteiger partial charge on any atom is 0.0628 e. The number of hydrogen-bond donors (Lipinski definition) is 2. The summed E-state index contributed by atoms with van der Waals surface area (Å²) in [6.45, 7) is 2.14. The molecule has 2 fully saturated rings. The topological polar surface area (TPSA) is 40.5 Å². The van der Waals surface area contributed by atoms with E-state index in [1.54, 1.807) is 0 Å². The Morgan fingerprint density at radius 1 is 1.50 bits per heavy atom. The Bertz CT molecular complexity index is 161. The molecule has 0 heterocycles. The van der Waals surface area contributed by atoms with Crippen molar-refractivity contribution < 1.29 is 10.2 Å². The Labute approximate surface area is 60.9 Å². The molecule has 0 aromatic rings. The second-order valence-electron chi connectivity index (χ2n) is 4.30. The minimum absolute atomic E-state index is 0.142. The molecule has 2 aliphatic carbocycles. The van der Waals surface area contributed by atoms with Crippen molar-refractivity contribution >= 4 is 0 Å². The van der Waals surface area contributed by atoms with Crippen LogP contribution in [0.4, 0.5) is 0 Å². The molecule has 0 aromatic heterocycles. The van der Waals surface area contributed by atoms with Gasteiger partial charge in [0.05, 0.1) is 5.60 Å². The molecule has 2 nitrogen and oxygen atoms in total. The van der Waals surface area contributed by atoms with E-state index < -0.39 is 5.60 Å². The van der Waals surface area contributed by atoms with E-state index in [1.807, 2.05) is 6.92 Å². The summed E-state index contributed by atoms with van der Waals surface area (Å²) in [5.74, 6) is 0.618. The molecule has 0 amide bonds. The van der Waals surface area contributed by atoms with Gasteiger partial charge in [-0.25, -0.2) is 0 Å². The molecule has 0 radical (unpaired) electrons. The minimum atomic E-state index is -0.481. The first-order chi connectivity index (χ1) is 4.58. The highest BCUT2D eigenvalue weighted by molar-refractivity contribution is 5.12. The van der Waals surface area contributed by atoms with Gasteiger partial charge in [0.1, 0.15) is 0 Å². The minimum Gasteiger partial charge on any atom is -0.396 e. The molecule has 2 aliphatic rings. The summed E-state index contributed by atoms with van der Waals surface area (Å²) in [4.78, 5) is 0. The van der Waals surface area contributed by atoms with Crippen LogP contribution in [0, 0.1) is 11.3 Å². The highest BCUT2D eigenvalue weighted by atomic mass is 16.3. The van der Waals surface area contributed by atoms with Gasteiger partial charge in [0.15, 0.2) is 0 Å². The fourth-order valence-electron chi connectivity index (χ4n) is 2.55. The van der Waals surface area contributed by atoms with Crippen LogP contribution in [0.25, 0.3) is 0 Å². The summed E-state index contributed by atoms with van der Waals surface area (Å²) in [7, 11) is 0. The van der Waals surface area contributed by atoms with Crippen molar-refractivity contribution in [2.45, 2.75) is 31.8 Å². The van der Waals surface area contributed by atoms with Crippen LogP contribution in [0.5, 0.6) is 0 Å². The molecular weight excluding hydrogens is 128 g/mol. The van der Waals surface area contributed by atoms with Crippen LogP contribution < -0.4 is 0 Å². The molecule has 1 unspecified atom stereocenters. The van der Waals surface area contributed by atoms with E-state index in [1.165, 1.54) is 0 Å². The van der Waals surface area contributed by atoms with Gasteiger partial charge in [0.2, 0.25) is 0 Å². The second-order valence-corrected chi connectivity index (χ2v) is 4.30. The Kier molecular flexibility index (Phi) is 1.03. The first-order valence-corrected chi connectivity index (χ1v) is 3.91. The third-order valence-electron chi connectivity index (χ3n) is 3.09. The molecule has 3 atom stereocenters. The summed E-state index contributed by atoms with van der Waals surface area (Å²) in [5, 5.41) is 18.6. The van der Waals surface area contributed by atoms with Crippen molar-refractivity contribution in [2.24, 2.45) is 11.3 Å². The zero-order valence-electron chi connectivity index (χ0n) is 6.30. The maximum absolute atomic E-state index is 9.58. The summed E-state index contributed by atoms with van der Waals surface area (Å²) in [6.07, 6.45) is 2.84. The molecular formula is C8H14O2. The van der Waals surface area contributed by atoms with Crippen LogP contribution >= 0.6 is 0 Å². The van der Waals surface area contributed by atoms with Crippen molar-refractivity contribution in [1.29, 1.82) is 0 Å². The lowest BCUT2D eigenvalue weighted by Crippen LogP contribution is -2.23. The van der Waals surface area contributed by atoms with E-state index in [0.717, 1.165) is 19.3 Å². The third-order valence-corrected chi connectivity index (χ3v) is 3.09. The van der Waals surface area contributed by atoms with Crippen LogP contribution in [0.1, 0.15) is 26.2 Å². The van der Waals surface area contributed by atoms with E-state index in [-0.39, 0.29) is 12.0 Å². The first kappa shape index (κ1) is 6.62. The molecule has 2 rings (SSSR count). The van der Waals surface area contributed by atoms with Crippen molar-refractivity contribution in [3.63, 3.8) is 0 Å². The summed E-state index contributed by atoms with van der Waals surface area (Å²) in [5.41, 5.74) is -0.338. The number of hydrogen-bond acceptors (Lipinski definition) is 2. The number of fused-ring (bicyclic) bond motifs is 1. The van der Waals surface area contributed by atoms with Gasteiger partial charge in [-0.05, 0) is 37.5 Å². The highest BCUT2D eigenvalue weighted by Crippen LogP contribution is 2.65. The lowest BCUT2D eigenvalue weighted by atomic mass is 9.96. The average molecular weight is 142 g/mol. The molecule has 0 aliphatic heterocycles. The summed E-state index contributed by atoms with van der Waals surface area (Å²) < 4.78 is 0. The van der Waals surface area contributed by atoms with Crippen molar-refractivity contribution in [1.82, 2.24) is 0 Å². The van der Waals surface area contributed by atoms with Gasteiger partial charge in [-0.2, -0.15) is 0 Å². The van der Waals surface area contributed by atoms with Gasteiger partial charge in [0.25, 0.3) is 0 Å². The van der Waals surface area contributed by atoms with Gasteiger partial charge >= 0.3 is 0 Å². The monoisotopic (exact) mass is 142 g/mol. The third kappa shape index (κ3) is 0.722. The van der Waals surface area contributed by atoms with Crippen molar-refractivity contribution in [3.05, 3.63) is 0 Å². The predicted octanol–water partition coefficient (Wildman–Crippen LogP) is 0.530. The summed E-state index contributed by atoms with van der Waals surface area (Å²) in [6, 6.07) is 0. The number of aliphatic hydroxyl groups is 2. The Hall–Kier alpha value is -0.0800. The zero-order chi connectivity index (χ0) is 7.41. The van der Waals surface area contributed by atoms with E-state index in [2.05, 4.69) is 0 Å². The van der Waals surface area contributed by atoms with E-state index in [4.69, 9.17) is 5.11 Å². The molecule has 2 saturated carbocycles. The van der Waals surface area contributed by atoms with Gasteiger partial charge in [0, 0.05) is 6.61 Å². The van der Waals surface area contributed by atoms with Gasteiger partial charge in [-0.15, -0.1) is 0 Å². The van der Waals surface area contributed by atoms with Gasteiger partial charge in [-0.3, -0.25) is 0 Å². The lowest BCUT2D eigenvalue weighted by molar-refractivity contribution is 0.0401. The van der Waals surface area contributed by atoms with Crippen LogP contribution in [0.2, 0.25) is 0 Å². The van der Waals surface area contributed by atoms with E-state index in [0.29, 0.717) is 5.92 Å². The van der Waals surface area contributed by atoms with Crippen molar-refractivity contribution in [2.75, 3.05) is 6.61 Å². The van der Waals surface area contributed by atoms with Crippen molar-refractivity contribution in [3.8, 4) is 0 Å². The standard InChI is InChI=1S/C8H14O2/c1-7(10)2-6-3-8(6,4-7)5-9/h6,9-10H,2-5H2,1H3/t6-,7-,8?/m1/s1. The molecule has 0 spiro atoms. The van der Waals surface area contributed by atoms with E-state index in [9.17, 15) is 5.11 Å². The van der Waals surface area contributed by atoms with Crippen LogP contribution in [0.3, 0.4) is 0 Å². The van der Waals surface area contributed by atoms with Gasteiger partial charge in [-0.1, -0.05) is 0 Å². The number of aliphatic hydroxyl groups excluding tert-OH is 1. The predicted molar refractivity (Wildman–Crippen MR) is 37.5 cm³/mol. The van der Waals surface area contributed by atoms with E-state index >= 15 is 0 Å². The maximum atomic E-state index is 9.58. The fraction of sp³-hybridized carbons (Fsp3) is 1.00. The zero-order valence-corrected chi connectivity index (χ0v) is 6.30. The smallest absolute Gasteiger partial charge is 0.0628 e. The molecule has 0 bridgehead atoms. The van der Waals surface area contributed by atoms with Crippen LogP contribution in [-0.4, -0.2) is 22.4 Å². The Morgan fingerprint density at radius 2 is 2.20 bits per heavy atom. The molecule has 10 heavy (non-hydrogen) atoms. The normalized spacial score (nSPS) is 58.5. The largest absolute Gasteiger partial charge is 0.396 e. The quantitative estimate of drug-likeness (QED) is 0.560. The second kappa shape index (κ2) is 1.56. The number of rotatable bonds is 1. The van der Waals surface area contributed by atoms with Crippen LogP contribution in [0.15, 0.2) is 0 Å². The Balaban J connectivity index is 2.10.